The fourth-order valence-corrected chi connectivity index (χ4v) is 2.05. The Morgan fingerprint density at radius 2 is 1.86 bits per heavy atom. The van der Waals surface area contributed by atoms with Gasteiger partial charge in [-0.05, 0) is 30.2 Å². The third kappa shape index (κ3) is 5.76. The molecule has 0 N–H and O–H groups in total. The average molecular weight is 301 g/mol. The zero-order valence-corrected chi connectivity index (χ0v) is 14.1. The van der Waals surface area contributed by atoms with Crippen LogP contribution in [0.25, 0.3) is 11.3 Å². The Labute approximate surface area is 133 Å². The summed E-state index contributed by atoms with van der Waals surface area (Å²) in [7, 11) is 1.85. The molecule has 120 valence electrons. The number of likely N-dealkylation sites (N-methyl/N-ethyl adjacent to an activating group) is 1. The first-order valence-electron chi connectivity index (χ1n) is 7.99. The standard InChI is InChI=1S/C16H19NO2.C3H8/c1-3-9-17(2)16(18)12-13-6-4-7-14(11-13)15-8-5-10-19-15;1-3-2/h4-8,10-11H,3,9,12H2,1-2H3;3H2,1-2H3. The van der Waals surface area contributed by atoms with E-state index < -0.39 is 0 Å². The first kappa shape index (κ1) is 18.0. The molecule has 0 aliphatic heterocycles. The topological polar surface area (TPSA) is 33.5 Å². The van der Waals surface area contributed by atoms with Gasteiger partial charge in [0.2, 0.25) is 5.91 Å². The fraction of sp³-hybridized carbons (Fsp3) is 0.421. The van der Waals surface area contributed by atoms with Gasteiger partial charge in [0.05, 0.1) is 12.7 Å². The van der Waals surface area contributed by atoms with Crippen molar-refractivity contribution in [2.45, 2.75) is 40.0 Å². The van der Waals surface area contributed by atoms with Gasteiger partial charge in [-0.15, -0.1) is 0 Å². The summed E-state index contributed by atoms with van der Waals surface area (Å²) in [5, 5.41) is 0. The van der Waals surface area contributed by atoms with Crippen molar-refractivity contribution < 1.29 is 9.21 Å². The maximum Gasteiger partial charge on any atom is 0.226 e. The zero-order valence-electron chi connectivity index (χ0n) is 14.1. The van der Waals surface area contributed by atoms with Gasteiger partial charge in [-0.3, -0.25) is 4.79 Å². The molecule has 0 saturated carbocycles. The van der Waals surface area contributed by atoms with Crippen LogP contribution in [0.1, 0.15) is 39.2 Å². The highest BCUT2D eigenvalue weighted by molar-refractivity contribution is 5.79. The number of rotatable bonds is 5. The van der Waals surface area contributed by atoms with Gasteiger partial charge in [0, 0.05) is 19.2 Å². The van der Waals surface area contributed by atoms with Crippen LogP contribution in [0, 0.1) is 0 Å². The lowest BCUT2D eigenvalue weighted by Gasteiger charge is -2.16. The lowest BCUT2D eigenvalue weighted by molar-refractivity contribution is -0.129. The monoisotopic (exact) mass is 301 g/mol. The lowest BCUT2D eigenvalue weighted by Crippen LogP contribution is -2.28. The van der Waals surface area contributed by atoms with Crippen LogP contribution in [0.5, 0.6) is 0 Å². The summed E-state index contributed by atoms with van der Waals surface area (Å²) < 4.78 is 5.37. The quantitative estimate of drug-likeness (QED) is 0.796. The number of carbonyl (C=O) groups is 1. The van der Waals surface area contributed by atoms with Crippen LogP contribution < -0.4 is 0 Å². The number of furan rings is 1. The Morgan fingerprint density at radius 1 is 1.14 bits per heavy atom. The van der Waals surface area contributed by atoms with Crippen molar-refractivity contribution in [3.63, 3.8) is 0 Å². The molecule has 22 heavy (non-hydrogen) atoms. The Morgan fingerprint density at radius 3 is 2.45 bits per heavy atom. The number of carbonyl (C=O) groups excluding carboxylic acids is 1. The van der Waals surface area contributed by atoms with E-state index in [0.717, 1.165) is 29.9 Å². The highest BCUT2D eigenvalue weighted by Crippen LogP contribution is 2.21. The van der Waals surface area contributed by atoms with E-state index in [0.29, 0.717) is 6.42 Å². The van der Waals surface area contributed by atoms with Gasteiger partial charge in [0.25, 0.3) is 0 Å². The third-order valence-corrected chi connectivity index (χ3v) is 3.07. The molecule has 2 aromatic rings. The van der Waals surface area contributed by atoms with E-state index in [-0.39, 0.29) is 5.91 Å². The molecule has 0 spiro atoms. The maximum atomic E-state index is 12.0. The van der Waals surface area contributed by atoms with Gasteiger partial charge < -0.3 is 9.32 Å². The minimum absolute atomic E-state index is 0.151. The smallest absolute Gasteiger partial charge is 0.226 e. The zero-order chi connectivity index (χ0) is 16.4. The number of hydrogen-bond acceptors (Lipinski definition) is 2. The molecule has 0 unspecified atom stereocenters. The van der Waals surface area contributed by atoms with Crippen molar-refractivity contribution in [3.05, 3.63) is 48.2 Å². The van der Waals surface area contributed by atoms with E-state index in [9.17, 15) is 4.79 Å². The fourth-order valence-electron chi connectivity index (χ4n) is 2.05. The van der Waals surface area contributed by atoms with Crippen molar-refractivity contribution in [1.29, 1.82) is 0 Å². The predicted octanol–water partition coefficient (Wildman–Crippen LogP) is 4.77. The van der Waals surface area contributed by atoms with Crippen molar-refractivity contribution in [1.82, 2.24) is 4.90 Å². The highest BCUT2D eigenvalue weighted by Gasteiger charge is 2.09. The molecule has 0 saturated heterocycles. The molecule has 1 aromatic carbocycles. The van der Waals surface area contributed by atoms with E-state index in [1.165, 1.54) is 6.42 Å². The summed E-state index contributed by atoms with van der Waals surface area (Å²) >= 11 is 0. The van der Waals surface area contributed by atoms with Crippen molar-refractivity contribution in [2.24, 2.45) is 0 Å². The second kappa shape index (κ2) is 9.82. The Bertz CT molecular complexity index is 546. The molecule has 0 aliphatic carbocycles. The Kier molecular flexibility index (Phi) is 8.05. The van der Waals surface area contributed by atoms with E-state index in [2.05, 4.69) is 20.8 Å². The molecule has 0 aliphatic rings. The summed E-state index contributed by atoms with van der Waals surface area (Å²) in [5.74, 6) is 0.981. The minimum atomic E-state index is 0.151. The van der Waals surface area contributed by atoms with Gasteiger partial charge in [-0.25, -0.2) is 0 Å². The summed E-state index contributed by atoms with van der Waals surface area (Å²) in [6, 6.07) is 11.7. The van der Waals surface area contributed by atoms with Crippen LogP contribution in [0.15, 0.2) is 47.1 Å². The van der Waals surface area contributed by atoms with Crippen LogP contribution >= 0.6 is 0 Å². The normalized spacial score (nSPS) is 9.82. The first-order valence-corrected chi connectivity index (χ1v) is 7.99. The van der Waals surface area contributed by atoms with Crippen molar-refractivity contribution in [2.75, 3.05) is 13.6 Å². The summed E-state index contributed by atoms with van der Waals surface area (Å²) in [5.41, 5.74) is 2.02. The second-order valence-electron chi connectivity index (χ2n) is 5.38. The average Bonchev–Trinajstić information content (AvgIpc) is 3.03. The lowest BCUT2D eigenvalue weighted by atomic mass is 10.1. The van der Waals surface area contributed by atoms with Crippen LogP contribution in [0.3, 0.4) is 0 Å². The van der Waals surface area contributed by atoms with E-state index >= 15 is 0 Å². The van der Waals surface area contributed by atoms with E-state index in [1.807, 2.05) is 43.4 Å². The maximum absolute atomic E-state index is 12.0. The third-order valence-electron chi connectivity index (χ3n) is 3.07. The van der Waals surface area contributed by atoms with Crippen molar-refractivity contribution >= 4 is 5.91 Å². The van der Waals surface area contributed by atoms with Crippen LogP contribution in [0.2, 0.25) is 0 Å². The summed E-state index contributed by atoms with van der Waals surface area (Å²) in [4.78, 5) is 13.8. The Hall–Kier alpha value is -2.03. The summed E-state index contributed by atoms with van der Waals surface area (Å²) in [6.45, 7) is 7.12. The van der Waals surface area contributed by atoms with E-state index in [4.69, 9.17) is 4.42 Å². The van der Waals surface area contributed by atoms with Crippen LogP contribution in [0.4, 0.5) is 0 Å². The molecule has 1 heterocycles. The SMILES string of the molecule is CCC.CCCN(C)C(=O)Cc1cccc(-c2ccco2)c1. The molecule has 2 rings (SSSR count). The van der Waals surface area contributed by atoms with Gasteiger partial charge >= 0.3 is 0 Å². The molecule has 3 nitrogen and oxygen atoms in total. The van der Waals surface area contributed by atoms with Crippen LogP contribution in [-0.2, 0) is 11.2 Å². The molecule has 0 radical (unpaired) electrons. The van der Waals surface area contributed by atoms with Crippen LogP contribution in [-0.4, -0.2) is 24.4 Å². The molecule has 0 fully saturated rings. The van der Waals surface area contributed by atoms with Crippen molar-refractivity contribution in [3.8, 4) is 11.3 Å². The van der Waals surface area contributed by atoms with E-state index in [1.54, 1.807) is 11.2 Å². The number of benzene rings is 1. The second-order valence-corrected chi connectivity index (χ2v) is 5.38. The highest BCUT2D eigenvalue weighted by atomic mass is 16.3. The molecule has 3 heteroatoms. The molecule has 1 aromatic heterocycles. The predicted molar refractivity (Wildman–Crippen MR) is 91.7 cm³/mol. The van der Waals surface area contributed by atoms with Gasteiger partial charge in [0.1, 0.15) is 5.76 Å². The van der Waals surface area contributed by atoms with Gasteiger partial charge in [-0.2, -0.15) is 0 Å². The molecular formula is C19H27NO2. The Balaban J connectivity index is 0.000000745. The first-order chi connectivity index (χ1) is 10.6. The number of amides is 1. The largest absolute Gasteiger partial charge is 0.464 e. The molecule has 0 atom stereocenters. The minimum Gasteiger partial charge on any atom is -0.464 e. The molecule has 0 bridgehead atoms. The molecule has 1 amide bonds. The summed E-state index contributed by atoms with van der Waals surface area (Å²) in [6.07, 6.45) is 4.32. The van der Waals surface area contributed by atoms with Gasteiger partial charge in [0.15, 0.2) is 0 Å². The number of hydrogen-bond donors (Lipinski definition) is 0. The van der Waals surface area contributed by atoms with Gasteiger partial charge in [-0.1, -0.05) is 45.4 Å². The molecular weight excluding hydrogens is 274 g/mol. The number of nitrogens with zero attached hydrogens (tertiary/aromatic N) is 1.